The first-order valence-corrected chi connectivity index (χ1v) is 5.72. The maximum Gasteiger partial charge on any atom is 0.282 e. The van der Waals surface area contributed by atoms with Gasteiger partial charge in [-0.15, -0.1) is 0 Å². The van der Waals surface area contributed by atoms with Gasteiger partial charge in [0.25, 0.3) is 11.6 Å². The van der Waals surface area contributed by atoms with Crippen molar-refractivity contribution in [1.29, 1.82) is 0 Å². The van der Waals surface area contributed by atoms with E-state index in [0.717, 1.165) is 0 Å². The number of aldehydes is 1. The minimum Gasteiger partial charge on any atom is -0.322 e. The number of rotatable bonds is 4. The summed E-state index contributed by atoms with van der Waals surface area (Å²) < 4.78 is 0. The number of hydrogen-bond donors (Lipinski definition) is 1. The number of nitro groups is 1. The molecular weight excluding hydrogens is 260 g/mol. The lowest BCUT2D eigenvalue weighted by Crippen LogP contribution is -2.13. The van der Waals surface area contributed by atoms with E-state index in [1.165, 1.54) is 24.3 Å². The number of benzene rings is 2. The highest BCUT2D eigenvalue weighted by molar-refractivity contribution is 6.07. The minimum absolute atomic E-state index is 0.0333. The Balaban J connectivity index is 2.28. The summed E-state index contributed by atoms with van der Waals surface area (Å²) in [7, 11) is 0. The summed E-state index contributed by atoms with van der Waals surface area (Å²) >= 11 is 0. The molecule has 0 aromatic heterocycles. The summed E-state index contributed by atoms with van der Waals surface area (Å²) in [6.45, 7) is 0. The fraction of sp³-hybridized carbons (Fsp3) is 0. The monoisotopic (exact) mass is 270 g/mol. The average Bonchev–Trinajstić information content (AvgIpc) is 2.47. The first-order valence-electron chi connectivity index (χ1n) is 5.72. The van der Waals surface area contributed by atoms with Gasteiger partial charge >= 0.3 is 0 Å². The number of carbonyl (C=O) groups excluding carboxylic acids is 2. The largest absolute Gasteiger partial charge is 0.322 e. The van der Waals surface area contributed by atoms with E-state index in [-0.39, 0.29) is 11.3 Å². The number of nitrogens with zero attached hydrogens (tertiary/aromatic N) is 1. The number of nitrogens with one attached hydrogen (secondary N) is 1. The molecule has 0 spiro atoms. The van der Waals surface area contributed by atoms with E-state index in [1.54, 1.807) is 24.3 Å². The fourth-order valence-corrected chi connectivity index (χ4v) is 1.71. The number of hydrogen-bond acceptors (Lipinski definition) is 4. The van der Waals surface area contributed by atoms with Crippen LogP contribution < -0.4 is 5.32 Å². The Kier molecular flexibility index (Phi) is 3.85. The molecule has 100 valence electrons. The van der Waals surface area contributed by atoms with Crippen LogP contribution in [0.5, 0.6) is 0 Å². The Morgan fingerprint density at radius 3 is 2.60 bits per heavy atom. The van der Waals surface area contributed by atoms with Gasteiger partial charge in [0.2, 0.25) is 0 Å². The molecular formula is C14H10N2O4. The van der Waals surface area contributed by atoms with Gasteiger partial charge in [-0.1, -0.05) is 24.3 Å². The summed E-state index contributed by atoms with van der Waals surface area (Å²) in [5.74, 6) is -0.597. The predicted molar refractivity (Wildman–Crippen MR) is 72.9 cm³/mol. The van der Waals surface area contributed by atoms with Gasteiger partial charge in [-0.2, -0.15) is 0 Å². The van der Waals surface area contributed by atoms with Crippen molar-refractivity contribution in [3.63, 3.8) is 0 Å². The van der Waals surface area contributed by atoms with E-state index in [0.29, 0.717) is 17.5 Å². The Morgan fingerprint density at radius 2 is 1.90 bits per heavy atom. The summed E-state index contributed by atoms with van der Waals surface area (Å²) in [4.78, 5) is 32.9. The van der Waals surface area contributed by atoms with Crippen molar-refractivity contribution in [2.24, 2.45) is 0 Å². The number of amides is 1. The molecule has 0 aliphatic rings. The molecule has 0 heterocycles. The molecule has 2 aromatic carbocycles. The van der Waals surface area contributed by atoms with Crippen molar-refractivity contribution in [2.75, 3.05) is 5.32 Å². The zero-order valence-electron chi connectivity index (χ0n) is 10.3. The molecule has 0 aliphatic carbocycles. The van der Waals surface area contributed by atoms with Crippen molar-refractivity contribution in [2.45, 2.75) is 0 Å². The van der Waals surface area contributed by atoms with Gasteiger partial charge in [0, 0.05) is 17.3 Å². The Hall–Kier alpha value is -3.02. The normalized spacial score (nSPS) is 9.80. The SMILES string of the molecule is O=Cc1cccc(NC(=O)c2ccccc2[N+](=O)[O-])c1. The summed E-state index contributed by atoms with van der Waals surface area (Å²) in [6, 6.07) is 11.9. The van der Waals surface area contributed by atoms with Gasteiger partial charge in [0.05, 0.1) is 4.92 Å². The van der Waals surface area contributed by atoms with Crippen molar-refractivity contribution in [3.05, 3.63) is 69.8 Å². The summed E-state index contributed by atoms with van der Waals surface area (Å²) in [5.41, 5.74) is 0.508. The smallest absolute Gasteiger partial charge is 0.282 e. The fourth-order valence-electron chi connectivity index (χ4n) is 1.71. The molecule has 20 heavy (non-hydrogen) atoms. The summed E-state index contributed by atoms with van der Waals surface area (Å²) in [5, 5.41) is 13.4. The third kappa shape index (κ3) is 2.86. The molecule has 0 unspecified atom stereocenters. The second-order valence-corrected chi connectivity index (χ2v) is 3.97. The van der Waals surface area contributed by atoms with Gasteiger partial charge in [-0.3, -0.25) is 19.7 Å². The Bertz CT molecular complexity index is 682. The molecule has 6 nitrogen and oxygen atoms in total. The molecule has 1 N–H and O–H groups in total. The second-order valence-electron chi connectivity index (χ2n) is 3.97. The molecule has 0 aliphatic heterocycles. The maximum absolute atomic E-state index is 12.0. The molecule has 0 radical (unpaired) electrons. The standard InChI is InChI=1S/C14H10N2O4/c17-9-10-4-3-5-11(8-10)15-14(18)12-6-1-2-7-13(12)16(19)20/h1-9H,(H,15,18). The zero-order valence-corrected chi connectivity index (χ0v) is 10.3. The van der Waals surface area contributed by atoms with E-state index in [2.05, 4.69) is 5.32 Å². The molecule has 2 rings (SSSR count). The van der Waals surface area contributed by atoms with E-state index in [9.17, 15) is 19.7 Å². The highest BCUT2D eigenvalue weighted by Gasteiger charge is 2.19. The van der Waals surface area contributed by atoms with Crippen LogP contribution in [-0.2, 0) is 0 Å². The van der Waals surface area contributed by atoms with Crippen LogP contribution in [-0.4, -0.2) is 17.1 Å². The van der Waals surface area contributed by atoms with E-state index in [1.807, 2.05) is 0 Å². The molecule has 1 amide bonds. The predicted octanol–water partition coefficient (Wildman–Crippen LogP) is 2.66. The van der Waals surface area contributed by atoms with Crippen molar-refractivity contribution in [1.82, 2.24) is 0 Å². The maximum atomic E-state index is 12.0. The van der Waals surface area contributed by atoms with Gasteiger partial charge in [0.1, 0.15) is 11.8 Å². The molecule has 0 fully saturated rings. The van der Waals surface area contributed by atoms with E-state index in [4.69, 9.17) is 0 Å². The van der Waals surface area contributed by atoms with E-state index >= 15 is 0 Å². The molecule has 6 heteroatoms. The van der Waals surface area contributed by atoms with Crippen LogP contribution in [0.15, 0.2) is 48.5 Å². The second kappa shape index (κ2) is 5.75. The lowest BCUT2D eigenvalue weighted by Gasteiger charge is -2.06. The van der Waals surface area contributed by atoms with Crippen LogP contribution in [0.3, 0.4) is 0 Å². The Labute approximate surface area is 114 Å². The first-order chi connectivity index (χ1) is 9.61. The lowest BCUT2D eigenvalue weighted by atomic mass is 10.1. The Morgan fingerprint density at radius 1 is 1.15 bits per heavy atom. The zero-order chi connectivity index (χ0) is 14.5. The number of para-hydroxylation sites is 1. The van der Waals surface area contributed by atoms with Crippen LogP contribution >= 0.6 is 0 Å². The van der Waals surface area contributed by atoms with E-state index < -0.39 is 10.8 Å². The molecule has 0 saturated heterocycles. The van der Waals surface area contributed by atoms with Crippen LogP contribution in [0, 0.1) is 10.1 Å². The van der Waals surface area contributed by atoms with Crippen LogP contribution in [0.4, 0.5) is 11.4 Å². The highest BCUT2D eigenvalue weighted by Crippen LogP contribution is 2.19. The van der Waals surface area contributed by atoms with Gasteiger partial charge in [-0.25, -0.2) is 0 Å². The van der Waals surface area contributed by atoms with Gasteiger partial charge in [-0.05, 0) is 18.2 Å². The number of carbonyl (C=O) groups is 2. The molecule has 0 saturated carbocycles. The third-order valence-corrected chi connectivity index (χ3v) is 2.63. The number of anilines is 1. The lowest BCUT2D eigenvalue weighted by molar-refractivity contribution is -0.385. The quantitative estimate of drug-likeness (QED) is 0.525. The molecule has 0 atom stereocenters. The van der Waals surface area contributed by atoms with Crippen molar-refractivity contribution in [3.8, 4) is 0 Å². The van der Waals surface area contributed by atoms with Crippen LogP contribution in [0.25, 0.3) is 0 Å². The average molecular weight is 270 g/mol. The first kappa shape index (κ1) is 13.4. The van der Waals surface area contributed by atoms with Crippen molar-refractivity contribution < 1.29 is 14.5 Å². The summed E-state index contributed by atoms with van der Waals surface area (Å²) in [6.07, 6.45) is 0.653. The van der Waals surface area contributed by atoms with Gasteiger partial charge < -0.3 is 5.32 Å². The van der Waals surface area contributed by atoms with Crippen LogP contribution in [0.2, 0.25) is 0 Å². The molecule has 2 aromatic rings. The highest BCUT2D eigenvalue weighted by atomic mass is 16.6. The third-order valence-electron chi connectivity index (χ3n) is 2.63. The minimum atomic E-state index is -0.614. The number of nitro benzene ring substituents is 1. The van der Waals surface area contributed by atoms with Crippen LogP contribution in [0.1, 0.15) is 20.7 Å². The van der Waals surface area contributed by atoms with Crippen molar-refractivity contribution >= 4 is 23.6 Å². The molecule has 0 bridgehead atoms. The topological polar surface area (TPSA) is 89.3 Å². The van der Waals surface area contributed by atoms with Gasteiger partial charge in [0.15, 0.2) is 0 Å².